The first-order chi connectivity index (χ1) is 13.9. The zero-order valence-electron chi connectivity index (χ0n) is 16.3. The van der Waals surface area contributed by atoms with Gasteiger partial charge in [-0.25, -0.2) is 9.59 Å². The zero-order chi connectivity index (χ0) is 21.1. The maximum Gasteiger partial charge on any atom is 0.337 e. The number of rotatable bonds is 6. The molecule has 9 nitrogen and oxygen atoms in total. The molecule has 0 saturated carbocycles. The molecule has 9 heteroatoms. The van der Waals surface area contributed by atoms with Crippen molar-refractivity contribution in [2.24, 2.45) is 0 Å². The molecule has 0 spiro atoms. The Labute approximate surface area is 166 Å². The molecule has 0 saturated heterocycles. The van der Waals surface area contributed by atoms with E-state index in [1.54, 1.807) is 25.1 Å². The van der Waals surface area contributed by atoms with E-state index in [4.69, 9.17) is 14.2 Å². The summed E-state index contributed by atoms with van der Waals surface area (Å²) in [6.07, 6.45) is 1.45. The van der Waals surface area contributed by atoms with Gasteiger partial charge in [0.05, 0.1) is 31.3 Å². The van der Waals surface area contributed by atoms with Crippen molar-refractivity contribution in [1.82, 2.24) is 9.97 Å². The van der Waals surface area contributed by atoms with Crippen LogP contribution in [0.3, 0.4) is 0 Å². The molecule has 1 aromatic heterocycles. The predicted octanol–water partition coefficient (Wildman–Crippen LogP) is 1.64. The zero-order valence-corrected chi connectivity index (χ0v) is 16.3. The van der Waals surface area contributed by atoms with Gasteiger partial charge in [-0.1, -0.05) is 18.7 Å². The lowest BCUT2D eigenvalue weighted by Crippen LogP contribution is -2.35. The van der Waals surface area contributed by atoms with Crippen LogP contribution < -0.4 is 26.0 Å². The molecule has 0 radical (unpaired) electrons. The molecule has 1 aromatic carbocycles. The van der Waals surface area contributed by atoms with Crippen LogP contribution in [0.25, 0.3) is 0 Å². The maximum atomic E-state index is 12.8. The van der Waals surface area contributed by atoms with Gasteiger partial charge in [-0.05, 0) is 13.0 Å². The minimum atomic E-state index is -0.843. The third kappa shape index (κ3) is 3.66. The summed E-state index contributed by atoms with van der Waals surface area (Å²) in [4.78, 5) is 42.1. The smallest absolute Gasteiger partial charge is 0.337 e. The maximum absolute atomic E-state index is 12.8. The van der Waals surface area contributed by atoms with Crippen molar-refractivity contribution in [1.29, 1.82) is 0 Å². The fraction of sp³-hybridized carbons (Fsp3) is 0.250. The van der Waals surface area contributed by atoms with Crippen molar-refractivity contribution in [3.63, 3.8) is 0 Å². The van der Waals surface area contributed by atoms with Crippen LogP contribution >= 0.6 is 0 Å². The van der Waals surface area contributed by atoms with Crippen LogP contribution in [-0.4, -0.2) is 36.8 Å². The Morgan fingerprint density at radius 1 is 1.21 bits per heavy atom. The van der Waals surface area contributed by atoms with Crippen molar-refractivity contribution < 1.29 is 19.0 Å². The molecular formula is C20H21N3O6. The number of carbonyl (C=O) groups is 1. The number of anilines is 1. The first-order valence-corrected chi connectivity index (χ1v) is 8.75. The second-order valence-corrected chi connectivity index (χ2v) is 6.29. The van der Waals surface area contributed by atoms with Gasteiger partial charge in [-0.2, -0.15) is 0 Å². The fourth-order valence-electron chi connectivity index (χ4n) is 3.34. The Hall–Kier alpha value is -3.75. The van der Waals surface area contributed by atoms with Crippen molar-refractivity contribution >= 4 is 11.8 Å². The Morgan fingerprint density at radius 2 is 1.97 bits per heavy atom. The van der Waals surface area contributed by atoms with E-state index in [1.807, 2.05) is 0 Å². The van der Waals surface area contributed by atoms with E-state index < -0.39 is 23.1 Å². The number of hydrogen-bond donors (Lipinski definition) is 3. The average molecular weight is 399 g/mol. The highest BCUT2D eigenvalue weighted by Crippen LogP contribution is 2.43. The van der Waals surface area contributed by atoms with Crippen molar-refractivity contribution in [3.05, 3.63) is 74.1 Å². The van der Waals surface area contributed by atoms with Gasteiger partial charge in [0.25, 0.3) is 5.56 Å². The van der Waals surface area contributed by atoms with E-state index in [9.17, 15) is 14.4 Å². The SMILES string of the molecule is C=CCOC(=O)C1=C(C)Nc2[nH]c(=O)[nH]c(=O)c2[C@@H]1c1ccc(OC)cc1OC. The van der Waals surface area contributed by atoms with E-state index in [2.05, 4.69) is 21.9 Å². The molecule has 0 bridgehead atoms. The van der Waals surface area contributed by atoms with E-state index in [1.165, 1.54) is 20.3 Å². The highest BCUT2D eigenvalue weighted by Gasteiger charge is 2.37. The third-order valence-electron chi connectivity index (χ3n) is 4.58. The molecule has 1 aliphatic rings. The van der Waals surface area contributed by atoms with Crippen molar-refractivity contribution in [3.8, 4) is 11.5 Å². The van der Waals surface area contributed by atoms with Gasteiger partial charge in [0, 0.05) is 17.3 Å². The molecule has 0 aliphatic carbocycles. The Bertz CT molecular complexity index is 1110. The molecule has 0 amide bonds. The normalized spacial score (nSPS) is 15.2. The molecule has 0 fully saturated rings. The Morgan fingerprint density at radius 3 is 2.62 bits per heavy atom. The molecule has 3 rings (SSSR count). The quantitative estimate of drug-likeness (QED) is 0.498. The second-order valence-electron chi connectivity index (χ2n) is 6.29. The van der Waals surface area contributed by atoms with Crippen molar-refractivity contribution in [2.75, 3.05) is 26.1 Å². The molecule has 29 heavy (non-hydrogen) atoms. The number of allylic oxidation sites excluding steroid dienone is 1. The number of esters is 1. The van der Waals surface area contributed by atoms with Gasteiger partial charge in [0.15, 0.2) is 0 Å². The summed E-state index contributed by atoms with van der Waals surface area (Å²) >= 11 is 0. The minimum absolute atomic E-state index is 0.0108. The summed E-state index contributed by atoms with van der Waals surface area (Å²) in [6.45, 7) is 5.22. The molecule has 3 N–H and O–H groups in total. The van der Waals surface area contributed by atoms with Gasteiger partial charge < -0.3 is 19.5 Å². The molecule has 0 unspecified atom stereocenters. The number of H-pyrrole nitrogens is 2. The van der Waals surface area contributed by atoms with Gasteiger partial charge in [-0.3, -0.25) is 14.8 Å². The summed E-state index contributed by atoms with van der Waals surface area (Å²) in [7, 11) is 3.00. The lowest BCUT2D eigenvalue weighted by Gasteiger charge is -2.29. The number of aromatic nitrogens is 2. The number of hydrogen-bond acceptors (Lipinski definition) is 7. The lowest BCUT2D eigenvalue weighted by molar-refractivity contribution is -0.138. The van der Waals surface area contributed by atoms with E-state index in [0.29, 0.717) is 22.8 Å². The van der Waals surface area contributed by atoms with Crippen LogP contribution in [0.1, 0.15) is 24.0 Å². The second kappa shape index (κ2) is 8.09. The Kier molecular flexibility index (Phi) is 5.58. The van der Waals surface area contributed by atoms with Crippen LogP contribution in [0.15, 0.2) is 51.7 Å². The fourth-order valence-corrected chi connectivity index (χ4v) is 3.34. The number of methoxy groups -OCH3 is 2. The molecule has 2 aromatic rings. The van der Waals surface area contributed by atoms with Gasteiger partial charge in [0.1, 0.15) is 23.9 Å². The minimum Gasteiger partial charge on any atom is -0.497 e. The van der Waals surface area contributed by atoms with Crippen LogP contribution in [-0.2, 0) is 9.53 Å². The van der Waals surface area contributed by atoms with Crippen molar-refractivity contribution in [2.45, 2.75) is 12.8 Å². The average Bonchev–Trinajstić information content (AvgIpc) is 2.70. The van der Waals surface area contributed by atoms with E-state index in [0.717, 1.165) is 0 Å². The predicted molar refractivity (Wildman–Crippen MR) is 107 cm³/mol. The molecule has 2 heterocycles. The monoisotopic (exact) mass is 399 g/mol. The molecule has 1 atom stereocenters. The first-order valence-electron chi connectivity index (χ1n) is 8.75. The van der Waals surface area contributed by atoms with Crippen LogP contribution in [0.5, 0.6) is 11.5 Å². The summed E-state index contributed by atoms with van der Waals surface area (Å²) in [5, 5.41) is 2.92. The standard InChI is InChI=1S/C20H21N3O6/c1-5-8-29-19(25)14-10(2)21-17-16(18(24)23-20(26)22-17)15(14)12-7-6-11(27-3)9-13(12)28-4/h5-7,9,15H,1,8H2,2-4H3,(H3,21,22,23,24,26)/t15-/m1/s1. The molecule has 152 valence electrons. The molecule has 1 aliphatic heterocycles. The first kappa shape index (κ1) is 20.0. The lowest BCUT2D eigenvalue weighted by atomic mass is 9.82. The summed E-state index contributed by atoms with van der Waals surface area (Å²) in [5.41, 5.74) is 0.0894. The highest BCUT2D eigenvalue weighted by molar-refractivity contribution is 5.94. The summed E-state index contributed by atoms with van der Waals surface area (Å²) in [6, 6.07) is 5.05. The van der Waals surface area contributed by atoms with Crippen LogP contribution in [0.2, 0.25) is 0 Å². The largest absolute Gasteiger partial charge is 0.497 e. The number of ether oxygens (including phenoxy) is 3. The van der Waals surface area contributed by atoms with E-state index >= 15 is 0 Å². The number of nitrogens with one attached hydrogen (secondary N) is 3. The molecular weight excluding hydrogens is 378 g/mol. The summed E-state index contributed by atoms with van der Waals surface area (Å²) in [5.74, 6) is -0.292. The summed E-state index contributed by atoms with van der Waals surface area (Å²) < 4.78 is 16.0. The topological polar surface area (TPSA) is 123 Å². The number of fused-ring (bicyclic) bond motifs is 1. The number of carbonyl (C=O) groups excluding carboxylic acids is 1. The van der Waals surface area contributed by atoms with Crippen LogP contribution in [0.4, 0.5) is 5.82 Å². The van der Waals surface area contributed by atoms with E-state index in [-0.39, 0.29) is 23.6 Å². The Balaban J connectivity index is 2.29. The van der Waals surface area contributed by atoms with Gasteiger partial charge >= 0.3 is 11.7 Å². The van der Waals surface area contributed by atoms with Crippen LogP contribution in [0, 0.1) is 0 Å². The third-order valence-corrected chi connectivity index (χ3v) is 4.58. The highest BCUT2D eigenvalue weighted by atomic mass is 16.5. The number of benzene rings is 1. The van der Waals surface area contributed by atoms with Gasteiger partial charge in [-0.15, -0.1) is 0 Å². The number of aromatic amines is 2. The van der Waals surface area contributed by atoms with Gasteiger partial charge in [0.2, 0.25) is 0 Å².